The topological polar surface area (TPSA) is 107 Å². The molecular formula is C29H24F3N3O5S. The highest BCUT2D eigenvalue weighted by atomic mass is 32.2. The van der Waals surface area contributed by atoms with E-state index in [-0.39, 0.29) is 21.8 Å². The molecule has 0 spiro atoms. The number of alkyl halides is 2. The summed E-state index contributed by atoms with van der Waals surface area (Å²) in [5, 5.41) is 14.1. The Morgan fingerprint density at radius 1 is 1.00 bits per heavy atom. The van der Waals surface area contributed by atoms with Gasteiger partial charge >= 0.3 is 6.61 Å². The van der Waals surface area contributed by atoms with Gasteiger partial charge in [-0.25, -0.2) is 22.5 Å². The fraction of sp³-hybridized carbons (Fsp3) is 0.172. The number of rotatable bonds is 8. The molecule has 3 aromatic carbocycles. The van der Waals surface area contributed by atoms with Crippen LogP contribution in [0.15, 0.2) is 76.2 Å². The van der Waals surface area contributed by atoms with Crippen LogP contribution in [0.25, 0.3) is 39.4 Å². The van der Waals surface area contributed by atoms with E-state index in [0.29, 0.717) is 39.7 Å². The van der Waals surface area contributed by atoms with E-state index in [9.17, 15) is 26.7 Å². The number of halogens is 3. The lowest BCUT2D eigenvalue weighted by atomic mass is 9.97. The second kappa shape index (κ2) is 10.9. The Bertz CT molecular complexity index is 1850. The summed E-state index contributed by atoms with van der Waals surface area (Å²) in [7, 11) is -3.86. The van der Waals surface area contributed by atoms with Gasteiger partial charge in [0.15, 0.2) is 21.5 Å². The third kappa shape index (κ3) is 5.74. The maximum Gasteiger partial charge on any atom is 0.387 e. The molecule has 0 amide bonds. The number of aliphatic hydroxyl groups is 1. The molecule has 12 heteroatoms. The van der Waals surface area contributed by atoms with Crippen LogP contribution in [0.1, 0.15) is 17.1 Å². The first kappa shape index (κ1) is 28.1. The minimum atomic E-state index is -3.86. The van der Waals surface area contributed by atoms with E-state index >= 15 is 0 Å². The normalized spacial score (nSPS) is 11.8. The van der Waals surface area contributed by atoms with Crippen LogP contribution in [0.3, 0.4) is 0 Å². The van der Waals surface area contributed by atoms with Crippen molar-refractivity contribution in [1.82, 2.24) is 14.8 Å². The highest BCUT2D eigenvalue weighted by Gasteiger charge is 2.23. The molecule has 5 aromatic rings. The summed E-state index contributed by atoms with van der Waals surface area (Å²) in [5.74, 6) is -0.226. The number of ether oxygens (including phenoxy) is 1. The minimum absolute atomic E-state index is 0.0183. The minimum Gasteiger partial charge on any atom is -0.440 e. The van der Waals surface area contributed by atoms with Gasteiger partial charge in [-0.05, 0) is 72.6 Å². The standard InChI is InChI=1S/C29H24F3N3O5S/c1-16-10-11-35(34-16)25-9-6-19(20-13-24(30)23(15-36)26(14-20)41(3,37)38)12-22(25)28-27(33-17(2)39-28)18-4-7-21(8-5-18)40-29(31)32/h4-14,29,36H,15H2,1-3H3. The smallest absolute Gasteiger partial charge is 0.387 e. The summed E-state index contributed by atoms with van der Waals surface area (Å²) in [5.41, 5.74) is 3.22. The van der Waals surface area contributed by atoms with Crippen LogP contribution in [-0.4, -0.2) is 41.2 Å². The summed E-state index contributed by atoms with van der Waals surface area (Å²) in [6.07, 6.45) is 2.70. The lowest BCUT2D eigenvalue weighted by Gasteiger charge is -2.14. The summed E-state index contributed by atoms with van der Waals surface area (Å²) in [6.45, 7) is -0.257. The van der Waals surface area contributed by atoms with Gasteiger partial charge in [-0.3, -0.25) is 0 Å². The van der Waals surface area contributed by atoms with Gasteiger partial charge in [-0.2, -0.15) is 13.9 Å². The molecule has 2 aromatic heterocycles. The fourth-order valence-electron chi connectivity index (χ4n) is 4.51. The Morgan fingerprint density at radius 3 is 2.32 bits per heavy atom. The number of aromatic nitrogens is 3. The van der Waals surface area contributed by atoms with Crippen molar-refractivity contribution in [2.45, 2.75) is 32.0 Å². The van der Waals surface area contributed by atoms with Gasteiger partial charge in [0, 0.05) is 36.1 Å². The van der Waals surface area contributed by atoms with Gasteiger partial charge in [0.1, 0.15) is 17.3 Å². The monoisotopic (exact) mass is 583 g/mol. The summed E-state index contributed by atoms with van der Waals surface area (Å²) < 4.78 is 77.2. The first-order valence-electron chi connectivity index (χ1n) is 12.3. The van der Waals surface area contributed by atoms with Crippen LogP contribution < -0.4 is 4.74 Å². The second-order valence-corrected chi connectivity index (χ2v) is 11.3. The average Bonchev–Trinajstić information content (AvgIpc) is 3.52. The number of aryl methyl sites for hydroxylation is 2. The first-order valence-corrected chi connectivity index (χ1v) is 14.2. The maximum absolute atomic E-state index is 15.0. The number of aliphatic hydroxyl groups excluding tert-OH is 1. The Balaban J connectivity index is 1.72. The maximum atomic E-state index is 15.0. The zero-order chi connectivity index (χ0) is 29.5. The Labute approximate surface area is 233 Å². The largest absolute Gasteiger partial charge is 0.440 e. The number of nitrogens with zero attached hydrogens (tertiary/aromatic N) is 3. The van der Waals surface area contributed by atoms with Gasteiger partial charge in [0.25, 0.3) is 0 Å². The molecule has 0 saturated heterocycles. The van der Waals surface area contributed by atoms with Crippen LogP contribution >= 0.6 is 0 Å². The van der Waals surface area contributed by atoms with E-state index in [0.717, 1.165) is 18.0 Å². The van der Waals surface area contributed by atoms with E-state index in [4.69, 9.17) is 4.42 Å². The number of oxazole rings is 1. The molecule has 0 aliphatic carbocycles. The van der Waals surface area contributed by atoms with Crippen molar-refractivity contribution in [2.24, 2.45) is 0 Å². The third-order valence-corrected chi connectivity index (χ3v) is 7.51. The summed E-state index contributed by atoms with van der Waals surface area (Å²) in [4.78, 5) is 4.21. The van der Waals surface area contributed by atoms with Crippen molar-refractivity contribution < 1.29 is 35.8 Å². The Hall–Kier alpha value is -4.42. The Morgan fingerprint density at radius 2 is 1.71 bits per heavy atom. The Kier molecular flexibility index (Phi) is 7.45. The van der Waals surface area contributed by atoms with Gasteiger partial charge in [0.2, 0.25) is 0 Å². The van der Waals surface area contributed by atoms with Crippen molar-refractivity contribution in [1.29, 1.82) is 0 Å². The van der Waals surface area contributed by atoms with E-state index in [2.05, 4.69) is 14.8 Å². The lowest BCUT2D eigenvalue weighted by molar-refractivity contribution is -0.0498. The first-order chi connectivity index (χ1) is 19.4. The molecular weight excluding hydrogens is 559 g/mol. The van der Waals surface area contributed by atoms with E-state index < -0.39 is 28.9 Å². The lowest BCUT2D eigenvalue weighted by Crippen LogP contribution is -2.06. The van der Waals surface area contributed by atoms with Crippen LogP contribution in [0.5, 0.6) is 5.75 Å². The highest BCUT2D eigenvalue weighted by molar-refractivity contribution is 7.90. The average molecular weight is 584 g/mol. The molecule has 41 heavy (non-hydrogen) atoms. The van der Waals surface area contributed by atoms with Crippen molar-refractivity contribution in [3.63, 3.8) is 0 Å². The summed E-state index contributed by atoms with van der Waals surface area (Å²) >= 11 is 0. The number of hydrogen-bond acceptors (Lipinski definition) is 7. The number of benzene rings is 3. The molecule has 212 valence electrons. The molecule has 1 N–H and O–H groups in total. The predicted molar refractivity (Wildman–Crippen MR) is 145 cm³/mol. The molecule has 0 bridgehead atoms. The van der Waals surface area contributed by atoms with Crippen LogP contribution in [0.4, 0.5) is 13.2 Å². The SMILES string of the molecule is Cc1ccn(-c2ccc(-c3cc(F)c(CO)c(S(C)(=O)=O)c3)cc2-c2oc(C)nc2-c2ccc(OC(F)F)cc2)n1. The second-order valence-electron chi connectivity index (χ2n) is 9.31. The molecule has 8 nitrogen and oxygen atoms in total. The zero-order valence-corrected chi connectivity index (χ0v) is 22.9. The molecule has 0 unspecified atom stereocenters. The van der Waals surface area contributed by atoms with Crippen molar-refractivity contribution in [3.8, 4) is 45.1 Å². The molecule has 5 rings (SSSR count). The zero-order valence-electron chi connectivity index (χ0n) is 22.1. The van der Waals surface area contributed by atoms with Gasteiger partial charge < -0.3 is 14.3 Å². The molecule has 0 fully saturated rings. The highest BCUT2D eigenvalue weighted by Crippen LogP contribution is 2.39. The molecule has 0 radical (unpaired) electrons. The van der Waals surface area contributed by atoms with Crippen LogP contribution in [0, 0.1) is 19.7 Å². The number of sulfone groups is 1. The van der Waals surface area contributed by atoms with E-state index in [1.54, 1.807) is 48.1 Å². The van der Waals surface area contributed by atoms with Gasteiger partial charge in [-0.15, -0.1) is 0 Å². The molecule has 0 aliphatic rings. The van der Waals surface area contributed by atoms with Crippen molar-refractivity contribution in [3.05, 3.63) is 89.8 Å². The fourth-order valence-corrected chi connectivity index (χ4v) is 5.46. The number of hydrogen-bond donors (Lipinski definition) is 1. The van der Waals surface area contributed by atoms with E-state index in [1.807, 2.05) is 13.0 Å². The van der Waals surface area contributed by atoms with Gasteiger partial charge in [0.05, 0.1) is 22.9 Å². The van der Waals surface area contributed by atoms with Crippen LogP contribution in [0.2, 0.25) is 0 Å². The third-order valence-electron chi connectivity index (χ3n) is 6.34. The van der Waals surface area contributed by atoms with Crippen molar-refractivity contribution >= 4 is 9.84 Å². The van der Waals surface area contributed by atoms with Crippen LogP contribution in [-0.2, 0) is 16.4 Å². The van der Waals surface area contributed by atoms with Crippen molar-refractivity contribution in [2.75, 3.05) is 6.26 Å². The molecule has 0 atom stereocenters. The van der Waals surface area contributed by atoms with E-state index in [1.165, 1.54) is 18.2 Å². The predicted octanol–water partition coefficient (Wildman–Crippen LogP) is 6.11. The molecule has 0 aliphatic heterocycles. The molecule has 0 saturated carbocycles. The molecule has 2 heterocycles. The summed E-state index contributed by atoms with van der Waals surface area (Å²) in [6, 6.07) is 15.3. The van der Waals surface area contributed by atoms with Gasteiger partial charge in [-0.1, -0.05) is 6.07 Å². The quantitative estimate of drug-likeness (QED) is 0.235.